The molecular weight excluding hydrogens is 620 g/mol. The molecule has 1 N–H and O–H groups in total. The van der Waals surface area contributed by atoms with E-state index in [1.54, 1.807) is 15.9 Å². The third-order valence-corrected chi connectivity index (χ3v) is 8.79. The van der Waals surface area contributed by atoms with Crippen LogP contribution in [0.25, 0.3) is 28.0 Å². The third kappa shape index (κ3) is 6.20. The SMILES string of the molecule is Cc1nccc(S(C)(=O)=O)c1-n1c(=O)nc(N2CCN(C(=O)/C=C/CN(C)C)C[C@@H]2C)c2cc(F)c(-c3c(O)cccc3F)nc21. The number of carbonyl (C=O) groups is 1. The van der Waals surface area contributed by atoms with Gasteiger partial charge in [0, 0.05) is 50.7 Å². The lowest BCUT2D eigenvalue weighted by atomic mass is 10.1. The van der Waals surface area contributed by atoms with E-state index < -0.39 is 44.2 Å². The van der Waals surface area contributed by atoms with E-state index in [4.69, 9.17) is 0 Å². The number of halogens is 2. The first-order valence-corrected chi connectivity index (χ1v) is 16.2. The number of phenolic OH excluding ortho intramolecular Hbond substituents is 1. The fourth-order valence-electron chi connectivity index (χ4n) is 5.50. The predicted molar refractivity (Wildman–Crippen MR) is 169 cm³/mol. The number of phenols is 1. The molecule has 1 aliphatic heterocycles. The van der Waals surface area contributed by atoms with Crippen molar-refractivity contribution in [3.8, 4) is 22.7 Å². The molecule has 0 aliphatic carbocycles. The van der Waals surface area contributed by atoms with Crippen LogP contribution in [0.3, 0.4) is 0 Å². The van der Waals surface area contributed by atoms with Gasteiger partial charge < -0.3 is 19.8 Å². The lowest BCUT2D eigenvalue weighted by Gasteiger charge is -2.40. The fraction of sp³-hybridized carbons (Fsp3) is 0.323. The molecule has 1 amide bonds. The van der Waals surface area contributed by atoms with Crippen molar-refractivity contribution in [2.24, 2.45) is 0 Å². The lowest BCUT2D eigenvalue weighted by molar-refractivity contribution is -0.126. The van der Waals surface area contributed by atoms with Gasteiger partial charge in [0.05, 0.1) is 27.2 Å². The van der Waals surface area contributed by atoms with Crippen LogP contribution in [0.1, 0.15) is 12.6 Å². The number of fused-ring (bicyclic) bond motifs is 1. The number of likely N-dealkylation sites (N-methyl/N-ethyl adjacent to an activating group) is 1. The highest BCUT2D eigenvalue weighted by atomic mass is 32.2. The van der Waals surface area contributed by atoms with E-state index in [9.17, 15) is 27.5 Å². The maximum absolute atomic E-state index is 15.9. The van der Waals surface area contributed by atoms with Crippen LogP contribution in [0, 0.1) is 18.6 Å². The quantitative estimate of drug-likeness (QED) is 0.296. The summed E-state index contributed by atoms with van der Waals surface area (Å²) in [7, 11) is -0.150. The summed E-state index contributed by atoms with van der Waals surface area (Å²) in [6.45, 7) is 4.69. The Kier molecular flexibility index (Phi) is 8.91. The maximum Gasteiger partial charge on any atom is 0.355 e. The molecule has 0 radical (unpaired) electrons. The van der Waals surface area contributed by atoms with Crippen molar-refractivity contribution in [2.75, 3.05) is 51.4 Å². The van der Waals surface area contributed by atoms with Crippen molar-refractivity contribution in [2.45, 2.75) is 24.8 Å². The van der Waals surface area contributed by atoms with Gasteiger partial charge in [0.2, 0.25) is 5.91 Å². The van der Waals surface area contributed by atoms with Crippen LogP contribution < -0.4 is 10.6 Å². The second-order valence-electron chi connectivity index (χ2n) is 11.4. The van der Waals surface area contributed by atoms with Gasteiger partial charge in [-0.1, -0.05) is 12.1 Å². The Balaban J connectivity index is 1.73. The number of benzene rings is 1. The summed E-state index contributed by atoms with van der Waals surface area (Å²) >= 11 is 0. The largest absolute Gasteiger partial charge is 0.507 e. The molecule has 46 heavy (non-hydrogen) atoms. The zero-order valence-corrected chi connectivity index (χ0v) is 26.7. The molecule has 0 spiro atoms. The average Bonchev–Trinajstić information content (AvgIpc) is 2.97. The Morgan fingerprint density at radius 3 is 2.54 bits per heavy atom. The van der Waals surface area contributed by atoms with Crippen LogP contribution in [0.4, 0.5) is 14.6 Å². The van der Waals surface area contributed by atoms with Gasteiger partial charge in [-0.15, -0.1) is 0 Å². The topological polar surface area (TPSA) is 142 Å². The number of aromatic nitrogens is 4. The van der Waals surface area contributed by atoms with Crippen LogP contribution >= 0.6 is 0 Å². The Morgan fingerprint density at radius 2 is 1.89 bits per heavy atom. The van der Waals surface area contributed by atoms with Crippen molar-refractivity contribution in [1.82, 2.24) is 29.3 Å². The Morgan fingerprint density at radius 1 is 1.15 bits per heavy atom. The molecule has 1 atom stereocenters. The minimum absolute atomic E-state index is 0.0249. The highest BCUT2D eigenvalue weighted by Gasteiger charge is 2.31. The van der Waals surface area contributed by atoms with Crippen LogP contribution in [0.2, 0.25) is 0 Å². The van der Waals surface area contributed by atoms with Crippen molar-refractivity contribution >= 4 is 32.6 Å². The molecule has 15 heteroatoms. The van der Waals surface area contributed by atoms with Gasteiger partial charge >= 0.3 is 5.69 Å². The molecule has 12 nitrogen and oxygen atoms in total. The molecule has 1 saturated heterocycles. The molecule has 4 aromatic rings. The van der Waals surface area contributed by atoms with Crippen molar-refractivity contribution in [1.29, 1.82) is 0 Å². The van der Waals surface area contributed by atoms with E-state index in [0.29, 0.717) is 6.54 Å². The number of carbonyl (C=O) groups excluding carboxylic acids is 1. The molecule has 242 valence electrons. The zero-order valence-electron chi connectivity index (χ0n) is 25.9. The fourth-order valence-corrected chi connectivity index (χ4v) is 6.40. The summed E-state index contributed by atoms with van der Waals surface area (Å²) in [6.07, 6.45) is 5.51. The Hall–Kier alpha value is -4.76. The second-order valence-corrected chi connectivity index (χ2v) is 13.4. The van der Waals surface area contributed by atoms with E-state index >= 15 is 4.39 Å². The van der Waals surface area contributed by atoms with E-state index in [0.717, 1.165) is 23.0 Å². The van der Waals surface area contributed by atoms with Crippen LogP contribution in [0.5, 0.6) is 5.75 Å². The number of rotatable bonds is 7. The first-order chi connectivity index (χ1) is 21.7. The molecule has 5 rings (SSSR count). The summed E-state index contributed by atoms with van der Waals surface area (Å²) in [4.78, 5) is 44.6. The van der Waals surface area contributed by atoms with Crippen LogP contribution in [0.15, 0.2) is 58.4 Å². The molecule has 0 bridgehead atoms. The summed E-state index contributed by atoms with van der Waals surface area (Å²) in [6, 6.07) is 5.31. The zero-order chi connectivity index (χ0) is 33.5. The van der Waals surface area contributed by atoms with Crippen molar-refractivity contribution < 1.29 is 27.1 Å². The first-order valence-electron chi connectivity index (χ1n) is 14.3. The summed E-state index contributed by atoms with van der Waals surface area (Å²) < 4.78 is 57.4. The number of hydrogen-bond donors (Lipinski definition) is 1. The first kappa shape index (κ1) is 32.6. The average molecular weight is 654 g/mol. The number of aryl methyl sites for hydroxylation is 1. The van der Waals surface area contributed by atoms with Gasteiger partial charge in [-0.25, -0.2) is 31.5 Å². The van der Waals surface area contributed by atoms with Crippen molar-refractivity contribution in [3.63, 3.8) is 0 Å². The Bertz CT molecular complexity index is 2030. The van der Waals surface area contributed by atoms with Gasteiger partial charge in [0.25, 0.3) is 0 Å². The number of piperazine rings is 1. The minimum Gasteiger partial charge on any atom is -0.507 e. The second kappa shape index (κ2) is 12.6. The van der Waals surface area contributed by atoms with Gasteiger partial charge in [0.15, 0.2) is 21.3 Å². The van der Waals surface area contributed by atoms with Crippen molar-refractivity contribution in [3.05, 3.63) is 76.5 Å². The van der Waals surface area contributed by atoms with Gasteiger partial charge in [0.1, 0.15) is 23.1 Å². The van der Waals surface area contributed by atoms with E-state index in [2.05, 4.69) is 15.0 Å². The monoisotopic (exact) mass is 653 g/mol. The van der Waals surface area contributed by atoms with E-state index in [1.165, 1.54) is 37.4 Å². The number of amides is 1. The molecule has 0 saturated carbocycles. The molecule has 3 aromatic heterocycles. The maximum atomic E-state index is 15.9. The summed E-state index contributed by atoms with van der Waals surface area (Å²) in [5.74, 6) is -2.68. The standard InChI is InChI=1S/C31H33F2N7O5S/c1-18-17-38(25(42)10-7-13-37(3)4)14-15-39(18)29-20-16-22(33)27(26-21(32)8-6-9-23(26)41)35-30(20)40(31(43)36-29)28-19(2)34-12-11-24(28)46(5,44)45/h6-12,16,18,41H,13-15,17H2,1-5H3/b10-7+/t18-/m0/s1. The third-order valence-electron chi connectivity index (χ3n) is 7.67. The molecular formula is C31H33F2N7O5S. The number of sulfone groups is 1. The van der Waals surface area contributed by atoms with E-state index in [1.807, 2.05) is 25.9 Å². The molecule has 1 fully saturated rings. The highest BCUT2D eigenvalue weighted by Crippen LogP contribution is 2.36. The molecule has 1 aromatic carbocycles. The van der Waals surface area contributed by atoms with Crippen LogP contribution in [-0.4, -0.2) is 101 Å². The van der Waals surface area contributed by atoms with Gasteiger partial charge in [-0.05, 0) is 52.2 Å². The minimum atomic E-state index is -3.92. The lowest BCUT2D eigenvalue weighted by Crippen LogP contribution is -2.54. The summed E-state index contributed by atoms with van der Waals surface area (Å²) in [5.41, 5.74) is -2.30. The van der Waals surface area contributed by atoms with Crippen LogP contribution in [-0.2, 0) is 14.6 Å². The predicted octanol–water partition coefficient (Wildman–Crippen LogP) is 2.69. The molecule has 1 aliphatic rings. The number of hydrogen-bond acceptors (Lipinski definition) is 10. The normalized spacial score (nSPS) is 15.8. The molecule has 0 unspecified atom stereocenters. The highest BCUT2D eigenvalue weighted by molar-refractivity contribution is 7.90. The Labute approximate surface area is 264 Å². The summed E-state index contributed by atoms with van der Waals surface area (Å²) in [5, 5.41) is 10.5. The van der Waals surface area contributed by atoms with Gasteiger partial charge in [-0.3, -0.25) is 9.78 Å². The number of aromatic hydroxyl groups is 1. The number of nitrogens with zero attached hydrogens (tertiary/aromatic N) is 7. The van der Waals surface area contributed by atoms with Gasteiger partial charge in [-0.2, -0.15) is 4.98 Å². The molecule has 4 heterocycles. The number of pyridine rings is 2. The van der Waals surface area contributed by atoms with E-state index in [-0.39, 0.29) is 64.7 Å². The number of anilines is 1. The smallest absolute Gasteiger partial charge is 0.355 e.